The number of para-hydroxylation sites is 1. The molecular weight excluding hydrogens is 302 g/mol. The Kier molecular flexibility index (Phi) is 3.13. The molecule has 4 rings (SSSR count). The van der Waals surface area contributed by atoms with Crippen LogP contribution in [0.2, 0.25) is 0 Å². The van der Waals surface area contributed by atoms with E-state index in [9.17, 15) is 4.91 Å². The lowest BCUT2D eigenvalue weighted by molar-refractivity contribution is -0.736. The predicted octanol–water partition coefficient (Wildman–Crippen LogP) is 4.58. The number of rotatable bonds is 3. The average molecular weight is 322 g/mol. The van der Waals surface area contributed by atoms with Gasteiger partial charge >= 0.3 is 5.69 Å². The number of benzene rings is 2. The van der Waals surface area contributed by atoms with Crippen LogP contribution < -0.4 is 5.32 Å². The fourth-order valence-electron chi connectivity index (χ4n) is 3.72. The minimum Gasteiger partial charge on any atom is -0.377 e. The number of hydrogen-bond donors (Lipinski definition) is 2. The molecule has 1 aliphatic rings. The van der Waals surface area contributed by atoms with Crippen LogP contribution in [0.4, 0.5) is 11.4 Å². The summed E-state index contributed by atoms with van der Waals surface area (Å²) in [6.07, 6.45) is 2.03. The van der Waals surface area contributed by atoms with Crippen molar-refractivity contribution >= 4 is 22.3 Å². The highest BCUT2D eigenvalue weighted by atomic mass is 16.8. The van der Waals surface area contributed by atoms with E-state index in [1.165, 1.54) is 18.4 Å². The molecule has 1 aromatic heterocycles. The van der Waals surface area contributed by atoms with Crippen LogP contribution in [0.5, 0.6) is 0 Å². The summed E-state index contributed by atoms with van der Waals surface area (Å²) in [5.74, 6) is 0. The highest BCUT2D eigenvalue weighted by Crippen LogP contribution is 2.49. The maximum absolute atomic E-state index is 11.8. The van der Waals surface area contributed by atoms with Crippen LogP contribution in [0, 0.1) is 4.91 Å². The first-order valence-corrected chi connectivity index (χ1v) is 8.01. The molecule has 1 unspecified atom stereocenters. The van der Waals surface area contributed by atoms with Gasteiger partial charge in [0.25, 0.3) is 4.92 Å². The van der Waals surface area contributed by atoms with Crippen LogP contribution in [0.15, 0.2) is 48.7 Å². The number of nitrogens with zero attached hydrogens (tertiary/aromatic N) is 1. The monoisotopic (exact) mass is 322 g/mol. The summed E-state index contributed by atoms with van der Waals surface area (Å²) in [5.41, 5.74) is 5.06. The molecule has 0 fully saturated rings. The average Bonchev–Trinajstić information content (AvgIpc) is 3.12. The molecular formula is C19H20N3O2+. The maximum atomic E-state index is 11.8. The highest BCUT2D eigenvalue weighted by Gasteiger charge is 2.41. The number of aromatic amines is 1. The first-order chi connectivity index (χ1) is 11.5. The molecule has 2 heterocycles. The van der Waals surface area contributed by atoms with Crippen LogP contribution in [-0.4, -0.2) is 17.0 Å². The summed E-state index contributed by atoms with van der Waals surface area (Å²) in [5, 5.41) is 4.67. The fourth-order valence-corrected chi connectivity index (χ4v) is 3.72. The summed E-state index contributed by atoms with van der Waals surface area (Å²) in [6.45, 7) is 4.49. The van der Waals surface area contributed by atoms with E-state index in [1.54, 1.807) is 6.07 Å². The van der Waals surface area contributed by atoms with Crippen LogP contribution in [0.1, 0.15) is 31.0 Å². The molecule has 0 saturated heterocycles. The molecule has 3 aromatic rings. The van der Waals surface area contributed by atoms with E-state index in [4.69, 9.17) is 4.84 Å². The molecule has 5 heteroatoms. The number of H-pyrrole nitrogens is 1. The SMILES string of the molecule is CO[N+](=O)c1ccc2[nH]cc(C3Nc4ccccc4C3(C)C)c2c1. The number of nitrogens with one attached hydrogen (secondary N) is 2. The lowest BCUT2D eigenvalue weighted by Crippen LogP contribution is -2.25. The van der Waals surface area contributed by atoms with Crippen LogP contribution in [0.25, 0.3) is 10.9 Å². The van der Waals surface area contributed by atoms with E-state index < -0.39 is 0 Å². The lowest BCUT2D eigenvalue weighted by atomic mass is 9.78. The van der Waals surface area contributed by atoms with Gasteiger partial charge < -0.3 is 10.3 Å². The fraction of sp³-hybridized carbons (Fsp3) is 0.263. The van der Waals surface area contributed by atoms with Gasteiger partial charge in [-0.2, -0.15) is 0 Å². The van der Waals surface area contributed by atoms with Crippen molar-refractivity contribution in [3.8, 4) is 0 Å². The number of anilines is 1. The quantitative estimate of drug-likeness (QED) is 0.694. The van der Waals surface area contributed by atoms with Gasteiger partial charge in [-0.15, -0.1) is 0 Å². The van der Waals surface area contributed by atoms with Crippen LogP contribution in [0.3, 0.4) is 0 Å². The Balaban J connectivity index is 1.84. The van der Waals surface area contributed by atoms with Crippen molar-refractivity contribution in [1.29, 1.82) is 0 Å². The summed E-state index contributed by atoms with van der Waals surface area (Å²) in [6, 6.07) is 14.1. The summed E-state index contributed by atoms with van der Waals surface area (Å²) < 4.78 is 0. The van der Waals surface area contributed by atoms with Crippen molar-refractivity contribution in [3.63, 3.8) is 0 Å². The Hall–Kier alpha value is -2.82. The van der Waals surface area contributed by atoms with Crippen molar-refractivity contribution in [2.75, 3.05) is 12.4 Å². The largest absolute Gasteiger partial charge is 0.377 e. The van der Waals surface area contributed by atoms with E-state index in [-0.39, 0.29) is 11.5 Å². The zero-order valence-corrected chi connectivity index (χ0v) is 14.0. The Bertz CT molecular complexity index is 943. The third-order valence-corrected chi connectivity index (χ3v) is 5.03. The zero-order valence-electron chi connectivity index (χ0n) is 14.0. The van der Waals surface area contributed by atoms with Crippen molar-refractivity contribution < 1.29 is 9.76 Å². The van der Waals surface area contributed by atoms with E-state index in [2.05, 4.69) is 42.3 Å². The van der Waals surface area contributed by atoms with Gasteiger partial charge in [0.05, 0.1) is 10.9 Å². The zero-order chi connectivity index (χ0) is 16.9. The third kappa shape index (κ3) is 2.01. The molecule has 122 valence electrons. The second kappa shape index (κ2) is 5.09. The minimum absolute atomic E-state index is 0.0554. The third-order valence-electron chi connectivity index (χ3n) is 5.03. The molecule has 0 radical (unpaired) electrons. The van der Waals surface area contributed by atoms with E-state index in [0.29, 0.717) is 10.6 Å². The van der Waals surface area contributed by atoms with Gasteiger partial charge in [-0.25, -0.2) is 4.84 Å². The molecule has 2 N–H and O–H groups in total. The molecule has 0 aliphatic carbocycles. The molecule has 0 saturated carbocycles. The lowest BCUT2D eigenvalue weighted by Gasteiger charge is -2.27. The molecule has 5 nitrogen and oxygen atoms in total. The Morgan fingerprint density at radius 3 is 2.71 bits per heavy atom. The molecule has 1 aliphatic heterocycles. The van der Waals surface area contributed by atoms with Gasteiger partial charge in [0.15, 0.2) is 7.11 Å². The molecule has 2 aromatic carbocycles. The normalized spacial score (nSPS) is 18.2. The smallest absolute Gasteiger partial charge is 0.317 e. The minimum atomic E-state index is -0.0554. The standard InChI is InChI=1S/C19H20N3O2/c1-19(2)15-6-4-5-7-17(15)21-18(19)14-11-20-16-9-8-12(10-13(14)16)22(23)24-3/h4-11,18,20-21H,1-3H3/q+1. The van der Waals surface area contributed by atoms with Crippen LogP contribution in [-0.2, 0) is 10.3 Å². The predicted molar refractivity (Wildman–Crippen MR) is 94.4 cm³/mol. The van der Waals surface area contributed by atoms with Crippen molar-refractivity contribution in [2.45, 2.75) is 25.3 Å². The van der Waals surface area contributed by atoms with Gasteiger partial charge in [-0.1, -0.05) is 32.0 Å². The van der Waals surface area contributed by atoms with Gasteiger partial charge in [0.1, 0.15) is 0 Å². The molecule has 0 bridgehead atoms. The molecule has 0 spiro atoms. The van der Waals surface area contributed by atoms with Crippen LogP contribution >= 0.6 is 0 Å². The van der Waals surface area contributed by atoms with Gasteiger partial charge in [-0.3, -0.25) is 0 Å². The number of hydrogen-bond acceptors (Lipinski definition) is 3. The topological polar surface area (TPSA) is 57.1 Å². The molecule has 24 heavy (non-hydrogen) atoms. The van der Waals surface area contributed by atoms with Crippen molar-refractivity contribution in [3.05, 3.63) is 64.7 Å². The molecule has 0 amide bonds. The van der Waals surface area contributed by atoms with Gasteiger partial charge in [-0.05, 0) is 17.7 Å². The van der Waals surface area contributed by atoms with Crippen molar-refractivity contribution in [1.82, 2.24) is 4.98 Å². The number of aromatic nitrogens is 1. The first kappa shape index (κ1) is 14.8. The van der Waals surface area contributed by atoms with Crippen molar-refractivity contribution in [2.24, 2.45) is 0 Å². The summed E-state index contributed by atoms with van der Waals surface area (Å²) >= 11 is 0. The number of fused-ring (bicyclic) bond motifs is 2. The summed E-state index contributed by atoms with van der Waals surface area (Å²) in [4.78, 5) is 20.4. The second-order valence-electron chi connectivity index (χ2n) is 6.76. The van der Waals surface area contributed by atoms with E-state index in [0.717, 1.165) is 16.5 Å². The maximum Gasteiger partial charge on any atom is 0.317 e. The second-order valence-corrected chi connectivity index (χ2v) is 6.76. The van der Waals surface area contributed by atoms with E-state index >= 15 is 0 Å². The van der Waals surface area contributed by atoms with Gasteiger partial charge in [0.2, 0.25) is 0 Å². The first-order valence-electron chi connectivity index (χ1n) is 8.01. The Labute approximate surface area is 140 Å². The molecule has 1 atom stereocenters. The van der Waals surface area contributed by atoms with E-state index in [1.807, 2.05) is 24.4 Å². The Morgan fingerprint density at radius 1 is 1.17 bits per heavy atom. The Morgan fingerprint density at radius 2 is 1.96 bits per heavy atom. The summed E-state index contributed by atoms with van der Waals surface area (Å²) in [7, 11) is 1.37. The highest BCUT2D eigenvalue weighted by molar-refractivity contribution is 5.87. The van der Waals surface area contributed by atoms with Gasteiger partial charge in [0, 0.05) is 45.9 Å².